The van der Waals surface area contributed by atoms with Crippen molar-refractivity contribution in [2.75, 3.05) is 13.1 Å². The molecule has 0 rings (SSSR count). The summed E-state index contributed by atoms with van der Waals surface area (Å²) < 4.78 is 0. The minimum absolute atomic E-state index is 0.0831. The van der Waals surface area contributed by atoms with Crippen LogP contribution >= 0.6 is 0 Å². The second-order valence-corrected chi connectivity index (χ2v) is 5.54. The summed E-state index contributed by atoms with van der Waals surface area (Å²) >= 11 is 0. The van der Waals surface area contributed by atoms with Gasteiger partial charge in [-0.05, 0) is 6.42 Å². The van der Waals surface area contributed by atoms with Crippen LogP contribution in [0.25, 0.3) is 0 Å². The van der Waals surface area contributed by atoms with Crippen molar-refractivity contribution >= 4 is 11.9 Å². The molecule has 0 aromatic heterocycles. The van der Waals surface area contributed by atoms with E-state index in [4.69, 9.17) is 5.11 Å². The molecular formula is C17H31NO3. The van der Waals surface area contributed by atoms with Crippen molar-refractivity contribution in [3.05, 3.63) is 12.7 Å². The predicted molar refractivity (Wildman–Crippen MR) is 86.3 cm³/mol. The predicted octanol–water partition coefficient (Wildman–Crippen LogP) is 4.01. The van der Waals surface area contributed by atoms with Crippen LogP contribution in [-0.4, -0.2) is 35.0 Å². The van der Waals surface area contributed by atoms with E-state index in [1.165, 1.54) is 49.8 Å². The summed E-state index contributed by atoms with van der Waals surface area (Å²) in [5.41, 5.74) is 0. The van der Waals surface area contributed by atoms with E-state index in [1.807, 2.05) is 0 Å². The molecule has 0 aliphatic heterocycles. The lowest BCUT2D eigenvalue weighted by Crippen LogP contribution is -2.35. The van der Waals surface area contributed by atoms with Crippen LogP contribution in [0.5, 0.6) is 0 Å². The average molecular weight is 297 g/mol. The van der Waals surface area contributed by atoms with E-state index in [2.05, 4.69) is 13.5 Å². The summed E-state index contributed by atoms with van der Waals surface area (Å²) in [6, 6.07) is 0. The van der Waals surface area contributed by atoms with Crippen molar-refractivity contribution in [2.45, 2.75) is 71.1 Å². The molecule has 0 radical (unpaired) electrons. The normalized spacial score (nSPS) is 10.3. The molecule has 0 saturated carbocycles. The molecule has 0 heterocycles. The third-order valence-electron chi connectivity index (χ3n) is 3.52. The maximum absolute atomic E-state index is 11.9. The first-order valence-electron chi connectivity index (χ1n) is 8.22. The summed E-state index contributed by atoms with van der Waals surface area (Å²) in [6.45, 7) is 5.85. The SMILES string of the molecule is C=CCN(CC(=O)O)C(=O)CCCCCCCCCCC. The molecular weight excluding hydrogens is 266 g/mol. The number of carbonyl (C=O) groups is 2. The van der Waals surface area contributed by atoms with Gasteiger partial charge in [0.1, 0.15) is 6.54 Å². The Balaban J connectivity index is 3.62. The Morgan fingerprint density at radius 3 is 2.00 bits per heavy atom. The Morgan fingerprint density at radius 1 is 1.00 bits per heavy atom. The molecule has 0 bridgehead atoms. The van der Waals surface area contributed by atoms with Gasteiger partial charge in [0.25, 0.3) is 0 Å². The average Bonchev–Trinajstić information content (AvgIpc) is 2.44. The number of amides is 1. The van der Waals surface area contributed by atoms with Gasteiger partial charge in [-0.1, -0.05) is 64.4 Å². The molecule has 4 heteroatoms. The summed E-state index contributed by atoms with van der Waals surface area (Å²) in [4.78, 5) is 23.9. The van der Waals surface area contributed by atoms with Crippen LogP contribution in [0.3, 0.4) is 0 Å². The Labute approximate surface area is 129 Å². The molecule has 1 amide bonds. The number of carboxylic acids is 1. The molecule has 122 valence electrons. The first-order valence-corrected chi connectivity index (χ1v) is 8.22. The third-order valence-corrected chi connectivity index (χ3v) is 3.52. The van der Waals surface area contributed by atoms with Crippen molar-refractivity contribution in [2.24, 2.45) is 0 Å². The van der Waals surface area contributed by atoms with Crippen molar-refractivity contribution < 1.29 is 14.7 Å². The van der Waals surface area contributed by atoms with Gasteiger partial charge < -0.3 is 10.0 Å². The molecule has 0 aliphatic carbocycles. The van der Waals surface area contributed by atoms with E-state index in [-0.39, 0.29) is 12.5 Å². The number of carboxylic acid groups (broad SMARTS) is 1. The zero-order valence-corrected chi connectivity index (χ0v) is 13.5. The van der Waals surface area contributed by atoms with Gasteiger partial charge >= 0.3 is 5.97 Å². The lowest BCUT2D eigenvalue weighted by atomic mass is 10.1. The van der Waals surface area contributed by atoms with Crippen LogP contribution < -0.4 is 0 Å². The maximum atomic E-state index is 11.9. The van der Waals surface area contributed by atoms with Crippen molar-refractivity contribution in [3.8, 4) is 0 Å². The topological polar surface area (TPSA) is 57.6 Å². The fourth-order valence-electron chi connectivity index (χ4n) is 2.32. The second kappa shape index (κ2) is 13.7. The number of aliphatic carboxylic acids is 1. The molecule has 0 aromatic rings. The first-order chi connectivity index (χ1) is 10.1. The lowest BCUT2D eigenvalue weighted by Gasteiger charge is -2.18. The van der Waals surface area contributed by atoms with Crippen molar-refractivity contribution in [1.29, 1.82) is 0 Å². The molecule has 0 aliphatic rings. The minimum atomic E-state index is -0.975. The van der Waals surface area contributed by atoms with Gasteiger partial charge in [0, 0.05) is 13.0 Å². The largest absolute Gasteiger partial charge is 0.480 e. The number of nitrogens with zero attached hydrogens (tertiary/aromatic N) is 1. The van der Waals surface area contributed by atoms with Crippen molar-refractivity contribution in [1.82, 2.24) is 4.90 Å². The molecule has 0 aromatic carbocycles. The second-order valence-electron chi connectivity index (χ2n) is 5.54. The molecule has 21 heavy (non-hydrogen) atoms. The standard InChI is InChI=1S/C17H31NO3/c1-3-5-6-7-8-9-10-11-12-13-16(19)18(14-4-2)15-17(20)21/h4H,2-3,5-15H2,1H3,(H,20,21). The van der Waals surface area contributed by atoms with E-state index in [0.717, 1.165) is 12.8 Å². The van der Waals surface area contributed by atoms with Gasteiger partial charge in [-0.3, -0.25) is 9.59 Å². The highest BCUT2D eigenvalue weighted by molar-refractivity contribution is 5.81. The smallest absolute Gasteiger partial charge is 0.323 e. The fraction of sp³-hybridized carbons (Fsp3) is 0.765. The van der Waals surface area contributed by atoms with E-state index in [0.29, 0.717) is 13.0 Å². The van der Waals surface area contributed by atoms with Crippen LogP contribution in [0, 0.1) is 0 Å². The van der Waals surface area contributed by atoms with Gasteiger partial charge in [-0.25, -0.2) is 0 Å². The quantitative estimate of drug-likeness (QED) is 0.389. The molecule has 0 saturated heterocycles. The summed E-state index contributed by atoms with van der Waals surface area (Å²) in [7, 11) is 0. The van der Waals surface area contributed by atoms with Crippen LogP contribution in [-0.2, 0) is 9.59 Å². The summed E-state index contributed by atoms with van der Waals surface area (Å²) in [5.74, 6) is -1.06. The van der Waals surface area contributed by atoms with Gasteiger partial charge in [0.2, 0.25) is 5.91 Å². The van der Waals surface area contributed by atoms with E-state index < -0.39 is 5.97 Å². The van der Waals surface area contributed by atoms with Gasteiger partial charge in [0.05, 0.1) is 0 Å². The van der Waals surface area contributed by atoms with Crippen LogP contribution in [0.2, 0.25) is 0 Å². The zero-order valence-electron chi connectivity index (χ0n) is 13.5. The fourth-order valence-corrected chi connectivity index (χ4v) is 2.32. The Hall–Kier alpha value is -1.32. The van der Waals surface area contributed by atoms with Gasteiger partial charge in [-0.2, -0.15) is 0 Å². The maximum Gasteiger partial charge on any atom is 0.323 e. The molecule has 0 unspecified atom stereocenters. The Bertz CT molecular complexity index is 302. The Kier molecular flexibility index (Phi) is 12.8. The van der Waals surface area contributed by atoms with E-state index in [1.54, 1.807) is 6.08 Å². The highest BCUT2D eigenvalue weighted by atomic mass is 16.4. The summed E-state index contributed by atoms with van der Waals surface area (Å²) in [6.07, 6.45) is 12.9. The van der Waals surface area contributed by atoms with E-state index >= 15 is 0 Å². The molecule has 1 N–H and O–H groups in total. The van der Waals surface area contributed by atoms with E-state index in [9.17, 15) is 9.59 Å². The highest BCUT2D eigenvalue weighted by Crippen LogP contribution is 2.11. The van der Waals surface area contributed by atoms with Gasteiger partial charge in [0.15, 0.2) is 0 Å². The molecule has 4 nitrogen and oxygen atoms in total. The zero-order chi connectivity index (χ0) is 15.9. The van der Waals surface area contributed by atoms with Crippen LogP contribution in [0.1, 0.15) is 71.1 Å². The molecule has 0 spiro atoms. The Morgan fingerprint density at radius 2 is 1.52 bits per heavy atom. The van der Waals surface area contributed by atoms with Crippen molar-refractivity contribution in [3.63, 3.8) is 0 Å². The number of hydrogen-bond acceptors (Lipinski definition) is 2. The molecule has 0 atom stereocenters. The van der Waals surface area contributed by atoms with Crippen LogP contribution in [0.4, 0.5) is 0 Å². The minimum Gasteiger partial charge on any atom is -0.480 e. The lowest BCUT2D eigenvalue weighted by molar-refractivity contribution is -0.144. The highest BCUT2D eigenvalue weighted by Gasteiger charge is 2.14. The third kappa shape index (κ3) is 12.2. The monoisotopic (exact) mass is 297 g/mol. The summed E-state index contributed by atoms with van der Waals surface area (Å²) in [5, 5.41) is 8.76. The molecule has 0 fully saturated rings. The number of rotatable bonds is 14. The number of unbranched alkanes of at least 4 members (excludes halogenated alkanes) is 8. The van der Waals surface area contributed by atoms with Crippen LogP contribution in [0.15, 0.2) is 12.7 Å². The first kappa shape index (κ1) is 19.7. The van der Waals surface area contributed by atoms with Gasteiger partial charge in [-0.15, -0.1) is 6.58 Å². The number of hydrogen-bond donors (Lipinski definition) is 1. The number of carbonyl (C=O) groups excluding carboxylic acids is 1.